The molecule has 1 heterocycles. The summed E-state index contributed by atoms with van der Waals surface area (Å²) in [5.74, 6) is 0.184. The molecule has 1 aromatic carbocycles. The van der Waals surface area contributed by atoms with Gasteiger partial charge in [0.25, 0.3) is 0 Å². The van der Waals surface area contributed by atoms with Crippen molar-refractivity contribution in [1.29, 1.82) is 0 Å². The number of nitrogens with zero attached hydrogens (tertiary/aromatic N) is 1. The molecule has 0 spiro atoms. The molecule has 0 saturated heterocycles. The Balaban J connectivity index is 2.66. The fourth-order valence-corrected chi connectivity index (χ4v) is 1.80. The zero-order valence-corrected chi connectivity index (χ0v) is 11.2. The van der Waals surface area contributed by atoms with Gasteiger partial charge in [-0.15, -0.1) is 0 Å². The molecule has 0 aliphatic carbocycles. The van der Waals surface area contributed by atoms with Crippen LogP contribution in [0.15, 0.2) is 22.9 Å². The first-order valence-electron chi connectivity index (χ1n) is 5.59. The van der Waals surface area contributed by atoms with Crippen LogP contribution in [0.4, 0.5) is 0 Å². The van der Waals surface area contributed by atoms with Crippen LogP contribution >= 0.6 is 0 Å². The van der Waals surface area contributed by atoms with Gasteiger partial charge in [0.2, 0.25) is 0 Å². The third-order valence-corrected chi connectivity index (χ3v) is 2.72. The number of carboxylic acid groups (broad SMARTS) is 1. The van der Waals surface area contributed by atoms with E-state index in [1.54, 1.807) is 12.1 Å². The van der Waals surface area contributed by atoms with E-state index in [0.717, 1.165) is 6.39 Å². The molecule has 7 nitrogen and oxygen atoms in total. The number of methoxy groups -OCH3 is 3. The molecule has 0 bridgehead atoms. The van der Waals surface area contributed by atoms with Gasteiger partial charge in [0, 0.05) is 6.07 Å². The lowest BCUT2D eigenvalue weighted by molar-refractivity contribution is 0.0691. The normalized spacial score (nSPS) is 10.2. The molecular weight excluding hydrogens is 266 g/mol. The van der Waals surface area contributed by atoms with Gasteiger partial charge in [-0.25, -0.2) is 9.78 Å². The fraction of sp³-hybridized carbons (Fsp3) is 0.231. The Morgan fingerprint density at radius 2 is 1.70 bits per heavy atom. The van der Waals surface area contributed by atoms with Gasteiger partial charge < -0.3 is 23.7 Å². The van der Waals surface area contributed by atoms with Crippen molar-refractivity contribution in [1.82, 2.24) is 4.98 Å². The van der Waals surface area contributed by atoms with Crippen molar-refractivity contribution in [2.24, 2.45) is 0 Å². The van der Waals surface area contributed by atoms with E-state index in [1.165, 1.54) is 21.3 Å². The van der Waals surface area contributed by atoms with Gasteiger partial charge >= 0.3 is 5.97 Å². The highest BCUT2D eigenvalue weighted by Crippen LogP contribution is 2.40. The molecule has 0 aliphatic heterocycles. The Bertz CT molecular complexity index is 634. The van der Waals surface area contributed by atoms with Gasteiger partial charge in [-0.3, -0.25) is 0 Å². The maximum atomic E-state index is 11.1. The molecule has 1 aromatic heterocycles. The molecule has 2 rings (SSSR count). The molecule has 7 heteroatoms. The predicted octanol–water partition coefficient (Wildman–Crippen LogP) is 2.07. The van der Waals surface area contributed by atoms with Gasteiger partial charge in [-0.1, -0.05) is 0 Å². The third-order valence-electron chi connectivity index (χ3n) is 2.72. The third kappa shape index (κ3) is 2.25. The van der Waals surface area contributed by atoms with Crippen LogP contribution in [0.25, 0.3) is 11.3 Å². The number of hydrogen-bond donors (Lipinski definition) is 1. The van der Waals surface area contributed by atoms with Gasteiger partial charge in [0.05, 0.1) is 26.9 Å². The lowest BCUT2D eigenvalue weighted by atomic mass is 10.1. The zero-order chi connectivity index (χ0) is 14.7. The molecule has 2 aromatic rings. The van der Waals surface area contributed by atoms with Crippen LogP contribution in [0.1, 0.15) is 10.5 Å². The van der Waals surface area contributed by atoms with Crippen molar-refractivity contribution in [3.05, 3.63) is 24.2 Å². The van der Waals surface area contributed by atoms with E-state index >= 15 is 0 Å². The number of ether oxygens (including phenoxy) is 3. The molecule has 0 radical (unpaired) electrons. The second kappa shape index (κ2) is 5.52. The van der Waals surface area contributed by atoms with Crippen LogP contribution in [0, 0.1) is 0 Å². The van der Waals surface area contributed by atoms with E-state index in [2.05, 4.69) is 4.98 Å². The van der Waals surface area contributed by atoms with E-state index in [1.807, 2.05) is 0 Å². The van der Waals surface area contributed by atoms with Gasteiger partial charge in [0.15, 0.2) is 29.3 Å². The van der Waals surface area contributed by atoms with E-state index < -0.39 is 5.97 Å². The first-order chi connectivity index (χ1) is 9.62. The highest BCUT2D eigenvalue weighted by Gasteiger charge is 2.22. The minimum Gasteiger partial charge on any atom is -0.496 e. The Kier molecular flexibility index (Phi) is 3.79. The quantitative estimate of drug-likeness (QED) is 0.895. The summed E-state index contributed by atoms with van der Waals surface area (Å²) in [6.07, 6.45) is 1.06. The largest absolute Gasteiger partial charge is 0.496 e. The first kappa shape index (κ1) is 13.7. The lowest BCUT2D eigenvalue weighted by Gasteiger charge is -2.12. The second-order valence-electron chi connectivity index (χ2n) is 3.74. The molecule has 106 valence electrons. The number of hydrogen-bond acceptors (Lipinski definition) is 6. The van der Waals surface area contributed by atoms with Crippen LogP contribution in [-0.2, 0) is 0 Å². The predicted molar refractivity (Wildman–Crippen MR) is 68.6 cm³/mol. The van der Waals surface area contributed by atoms with Gasteiger partial charge in [-0.05, 0) is 6.07 Å². The summed E-state index contributed by atoms with van der Waals surface area (Å²) in [5, 5.41) is 9.09. The maximum Gasteiger partial charge on any atom is 0.358 e. The number of aromatic carboxylic acids is 1. The average Bonchev–Trinajstić information content (AvgIpc) is 2.95. The van der Waals surface area contributed by atoms with Crippen molar-refractivity contribution in [3.8, 4) is 28.6 Å². The zero-order valence-electron chi connectivity index (χ0n) is 11.2. The van der Waals surface area contributed by atoms with Crippen molar-refractivity contribution in [2.75, 3.05) is 21.3 Å². The topological polar surface area (TPSA) is 91.0 Å². The molecule has 0 unspecified atom stereocenters. The molecule has 0 fully saturated rings. The second-order valence-corrected chi connectivity index (χ2v) is 3.74. The molecule has 1 N–H and O–H groups in total. The van der Waals surface area contributed by atoms with Crippen LogP contribution in [0.3, 0.4) is 0 Å². The maximum absolute atomic E-state index is 11.1. The lowest BCUT2D eigenvalue weighted by Crippen LogP contribution is -2.00. The summed E-state index contributed by atoms with van der Waals surface area (Å²) in [4.78, 5) is 14.8. The number of aromatic nitrogens is 1. The van der Waals surface area contributed by atoms with Crippen LogP contribution in [0.2, 0.25) is 0 Å². The summed E-state index contributed by atoms with van der Waals surface area (Å²) in [5.41, 5.74) is 0.218. The molecule has 20 heavy (non-hydrogen) atoms. The van der Waals surface area contributed by atoms with Crippen LogP contribution < -0.4 is 14.2 Å². The van der Waals surface area contributed by atoms with Gasteiger partial charge in [0.1, 0.15) is 5.75 Å². The van der Waals surface area contributed by atoms with Gasteiger partial charge in [-0.2, -0.15) is 0 Å². The number of carbonyl (C=O) groups is 1. The SMILES string of the molecule is COc1cc(OC)c(-c2ocnc2C(=O)O)cc1OC. The number of rotatable bonds is 5. The summed E-state index contributed by atoms with van der Waals surface area (Å²) in [7, 11) is 4.43. The van der Waals surface area contributed by atoms with Crippen molar-refractivity contribution >= 4 is 5.97 Å². The number of carboxylic acids is 1. The molecule has 0 saturated carbocycles. The Hall–Kier alpha value is -2.70. The average molecular weight is 279 g/mol. The minimum absolute atomic E-state index is 0.0929. The smallest absolute Gasteiger partial charge is 0.358 e. The molecule has 0 aliphatic rings. The summed E-state index contributed by atoms with van der Waals surface area (Å²) in [6.45, 7) is 0. The van der Waals surface area contributed by atoms with Crippen molar-refractivity contribution in [2.45, 2.75) is 0 Å². The Morgan fingerprint density at radius 1 is 1.10 bits per heavy atom. The summed E-state index contributed by atoms with van der Waals surface area (Å²) < 4.78 is 20.7. The number of benzene rings is 1. The van der Waals surface area contributed by atoms with Crippen LogP contribution in [-0.4, -0.2) is 37.4 Å². The van der Waals surface area contributed by atoms with E-state index in [0.29, 0.717) is 22.8 Å². The highest BCUT2D eigenvalue weighted by molar-refractivity contribution is 5.93. The fourth-order valence-electron chi connectivity index (χ4n) is 1.80. The van der Waals surface area contributed by atoms with E-state index in [4.69, 9.17) is 23.7 Å². The summed E-state index contributed by atoms with van der Waals surface area (Å²) in [6, 6.07) is 3.16. The molecule has 0 atom stereocenters. The Labute approximate surface area is 114 Å². The Morgan fingerprint density at radius 3 is 2.25 bits per heavy atom. The molecular formula is C13H13NO6. The van der Waals surface area contributed by atoms with Crippen molar-refractivity contribution < 1.29 is 28.5 Å². The van der Waals surface area contributed by atoms with E-state index in [-0.39, 0.29) is 11.5 Å². The number of oxazole rings is 1. The molecule has 0 amide bonds. The first-order valence-corrected chi connectivity index (χ1v) is 5.59. The standard InChI is InChI=1S/C13H13NO6/c1-17-8-5-10(19-3)9(18-2)4-7(8)12-11(13(15)16)14-6-20-12/h4-6H,1-3H3,(H,15,16). The minimum atomic E-state index is -1.19. The summed E-state index contributed by atoms with van der Waals surface area (Å²) >= 11 is 0. The van der Waals surface area contributed by atoms with E-state index in [9.17, 15) is 4.79 Å². The highest BCUT2D eigenvalue weighted by atomic mass is 16.5. The monoisotopic (exact) mass is 279 g/mol. The van der Waals surface area contributed by atoms with Crippen LogP contribution in [0.5, 0.6) is 17.2 Å². The van der Waals surface area contributed by atoms with Crippen molar-refractivity contribution in [3.63, 3.8) is 0 Å².